The average Bonchev–Trinajstić information content (AvgIpc) is 2.64. The van der Waals surface area contributed by atoms with Gasteiger partial charge < -0.3 is 9.84 Å². The van der Waals surface area contributed by atoms with Crippen LogP contribution in [0, 0.1) is 5.41 Å². The first kappa shape index (κ1) is 28.5. The number of carbonyl (C=O) groups excluding carboxylic acids is 1. The molecule has 0 aromatic heterocycles. The Kier molecular flexibility index (Phi) is 11.2. The molecule has 0 fully saturated rings. The minimum absolute atomic E-state index is 0.0513. The Balaban J connectivity index is 0.000000564. The number of ether oxygens (including phenoxy) is 1. The molecule has 0 amide bonds. The number of carbonyl (C=O) groups is 1. The second-order valence-electron chi connectivity index (χ2n) is 7.59. The summed E-state index contributed by atoms with van der Waals surface area (Å²) in [6.07, 6.45) is 0.164. The maximum Gasteiger partial charge on any atom is 0.311 e. The van der Waals surface area contributed by atoms with Gasteiger partial charge in [0.25, 0.3) is 20.2 Å². The van der Waals surface area contributed by atoms with Crippen LogP contribution in [0.15, 0.2) is 29.2 Å². The van der Waals surface area contributed by atoms with Crippen molar-refractivity contribution in [3.63, 3.8) is 0 Å². The van der Waals surface area contributed by atoms with E-state index in [0.717, 1.165) is 12.0 Å². The molecule has 0 aliphatic heterocycles. The first-order valence-electron chi connectivity index (χ1n) is 9.41. The summed E-state index contributed by atoms with van der Waals surface area (Å²) in [4.78, 5) is 11.4. The van der Waals surface area contributed by atoms with Gasteiger partial charge in [-0.05, 0) is 50.3 Å². The van der Waals surface area contributed by atoms with E-state index in [9.17, 15) is 21.6 Å². The molecule has 0 bridgehead atoms. The zero-order chi connectivity index (χ0) is 23.8. The zero-order valence-corrected chi connectivity index (χ0v) is 19.5. The second kappa shape index (κ2) is 11.8. The molecule has 9 nitrogen and oxygen atoms in total. The van der Waals surface area contributed by atoms with Crippen molar-refractivity contribution in [1.82, 2.24) is 0 Å². The molecule has 1 aromatic rings. The van der Waals surface area contributed by atoms with Gasteiger partial charge in [0.05, 0.1) is 10.3 Å². The first-order chi connectivity index (χ1) is 13.5. The maximum atomic E-state index is 11.4. The molecule has 0 saturated heterocycles. The highest BCUT2D eigenvalue weighted by Gasteiger charge is 2.28. The Morgan fingerprint density at radius 3 is 1.93 bits per heavy atom. The fourth-order valence-corrected chi connectivity index (χ4v) is 3.07. The smallest absolute Gasteiger partial charge is 0.311 e. The van der Waals surface area contributed by atoms with Gasteiger partial charge in [0.1, 0.15) is 18.5 Å². The highest BCUT2D eigenvalue weighted by molar-refractivity contribution is 7.86. The lowest BCUT2D eigenvalue weighted by molar-refractivity contribution is -0.156. The fraction of sp³-hybridized carbons (Fsp3) is 0.632. The van der Waals surface area contributed by atoms with Crippen LogP contribution >= 0.6 is 0 Å². The van der Waals surface area contributed by atoms with Crippen LogP contribution in [0.2, 0.25) is 0 Å². The summed E-state index contributed by atoms with van der Waals surface area (Å²) in [6, 6.07) is 6.32. The SMILES string of the molecule is CCC(C)(C)C(=O)OCC(O)CS(=O)(=O)O.CCC(C)c1ccc(S(=O)(=O)O)cc1. The molecule has 1 aromatic carbocycles. The van der Waals surface area contributed by atoms with E-state index in [1.54, 1.807) is 26.0 Å². The van der Waals surface area contributed by atoms with E-state index < -0.39 is 50.1 Å². The lowest BCUT2D eigenvalue weighted by Gasteiger charge is -2.21. The number of aliphatic hydroxyl groups excluding tert-OH is 1. The van der Waals surface area contributed by atoms with Crippen molar-refractivity contribution < 1.29 is 40.6 Å². The van der Waals surface area contributed by atoms with Crippen LogP contribution in [0.5, 0.6) is 0 Å². The molecule has 0 saturated carbocycles. The number of rotatable bonds is 9. The normalized spacial score (nSPS) is 14.3. The second-order valence-corrected chi connectivity index (χ2v) is 10.5. The van der Waals surface area contributed by atoms with Gasteiger partial charge in [-0.15, -0.1) is 0 Å². The molecular weight excluding hydrogens is 436 g/mol. The molecule has 1 rings (SSSR count). The highest BCUT2D eigenvalue weighted by atomic mass is 32.2. The summed E-state index contributed by atoms with van der Waals surface area (Å²) >= 11 is 0. The molecule has 2 atom stereocenters. The highest BCUT2D eigenvalue weighted by Crippen LogP contribution is 2.21. The molecule has 0 radical (unpaired) electrons. The summed E-state index contributed by atoms with van der Waals surface area (Å²) in [7, 11) is -8.31. The van der Waals surface area contributed by atoms with Crippen LogP contribution in [0.3, 0.4) is 0 Å². The van der Waals surface area contributed by atoms with Gasteiger partial charge in [-0.25, -0.2) is 0 Å². The van der Waals surface area contributed by atoms with Crippen LogP contribution < -0.4 is 0 Å². The van der Waals surface area contributed by atoms with Gasteiger partial charge in [-0.1, -0.05) is 32.9 Å². The monoisotopic (exact) mass is 468 g/mol. The lowest BCUT2D eigenvalue weighted by Crippen LogP contribution is -2.31. The van der Waals surface area contributed by atoms with Crippen LogP contribution in [-0.2, 0) is 29.8 Å². The van der Waals surface area contributed by atoms with E-state index in [-0.39, 0.29) is 4.90 Å². The van der Waals surface area contributed by atoms with Gasteiger partial charge in [0.2, 0.25) is 0 Å². The third-order valence-corrected chi connectivity index (χ3v) is 6.28. The van der Waals surface area contributed by atoms with Crippen LogP contribution in [0.4, 0.5) is 0 Å². The fourth-order valence-electron chi connectivity index (χ4n) is 2.01. The third kappa shape index (κ3) is 11.0. The Bertz CT molecular complexity index is 873. The Labute approximate surface area is 179 Å². The van der Waals surface area contributed by atoms with E-state index in [1.807, 2.05) is 6.92 Å². The minimum Gasteiger partial charge on any atom is -0.462 e. The molecule has 0 spiro atoms. The molecule has 174 valence electrons. The predicted molar refractivity (Wildman–Crippen MR) is 112 cm³/mol. The number of hydrogen-bond donors (Lipinski definition) is 3. The molecule has 30 heavy (non-hydrogen) atoms. The van der Waals surface area contributed by atoms with Crippen molar-refractivity contribution in [3.05, 3.63) is 29.8 Å². The van der Waals surface area contributed by atoms with Gasteiger partial charge in [0.15, 0.2) is 0 Å². The van der Waals surface area contributed by atoms with E-state index in [2.05, 4.69) is 13.8 Å². The van der Waals surface area contributed by atoms with Gasteiger partial charge >= 0.3 is 5.97 Å². The van der Waals surface area contributed by atoms with E-state index >= 15 is 0 Å². The summed E-state index contributed by atoms with van der Waals surface area (Å²) in [6.45, 7) is 8.89. The maximum absolute atomic E-state index is 11.4. The Morgan fingerprint density at radius 2 is 1.57 bits per heavy atom. The molecular formula is C19H32O9S2. The molecule has 11 heteroatoms. The topological polar surface area (TPSA) is 155 Å². The van der Waals surface area contributed by atoms with E-state index in [1.165, 1.54) is 12.1 Å². The summed E-state index contributed by atoms with van der Waals surface area (Å²) in [5, 5.41) is 9.16. The number of aliphatic hydroxyl groups is 1. The molecule has 2 unspecified atom stereocenters. The predicted octanol–water partition coefficient (Wildman–Crippen LogP) is 2.66. The van der Waals surface area contributed by atoms with Gasteiger partial charge in [0, 0.05) is 0 Å². The minimum atomic E-state index is -4.25. The standard InChI is InChI=1S/C10H14O3S.C9H18O6S/c1-3-8(2)9-4-6-10(7-5-9)14(11,12)13;1-4-9(2,3)8(11)15-5-7(10)6-16(12,13)14/h4-8H,3H2,1-2H3,(H,11,12,13);7,10H,4-6H2,1-3H3,(H,12,13,14). The van der Waals surface area contributed by atoms with Crippen LogP contribution in [-0.4, -0.2) is 55.5 Å². The van der Waals surface area contributed by atoms with Crippen molar-refractivity contribution in [3.8, 4) is 0 Å². The quantitative estimate of drug-likeness (QED) is 0.366. The third-order valence-electron chi connectivity index (χ3n) is 4.61. The molecule has 0 aliphatic rings. The van der Waals surface area contributed by atoms with Crippen LogP contribution in [0.1, 0.15) is 58.9 Å². The number of benzene rings is 1. The summed E-state index contributed by atoms with van der Waals surface area (Å²) in [5.41, 5.74) is 0.414. The summed E-state index contributed by atoms with van der Waals surface area (Å²) < 4.78 is 64.2. The Hall–Kier alpha value is -1.53. The lowest BCUT2D eigenvalue weighted by atomic mass is 9.91. The van der Waals surface area contributed by atoms with Gasteiger partial charge in [-0.3, -0.25) is 13.9 Å². The number of hydrogen-bond acceptors (Lipinski definition) is 7. The molecule has 0 aliphatic carbocycles. The molecule has 3 N–H and O–H groups in total. The van der Waals surface area contributed by atoms with Crippen molar-refractivity contribution in [2.24, 2.45) is 5.41 Å². The van der Waals surface area contributed by atoms with E-state index in [4.69, 9.17) is 18.9 Å². The van der Waals surface area contributed by atoms with Crippen molar-refractivity contribution in [2.45, 2.75) is 64.4 Å². The van der Waals surface area contributed by atoms with E-state index in [0.29, 0.717) is 12.3 Å². The summed E-state index contributed by atoms with van der Waals surface area (Å²) in [5.74, 6) is -0.942. The average molecular weight is 469 g/mol. The zero-order valence-electron chi connectivity index (χ0n) is 17.9. The first-order valence-corrected chi connectivity index (χ1v) is 12.5. The largest absolute Gasteiger partial charge is 0.462 e. The van der Waals surface area contributed by atoms with Crippen molar-refractivity contribution in [1.29, 1.82) is 0 Å². The number of esters is 1. The van der Waals surface area contributed by atoms with Crippen molar-refractivity contribution >= 4 is 26.2 Å². The van der Waals surface area contributed by atoms with Crippen LogP contribution in [0.25, 0.3) is 0 Å². The van der Waals surface area contributed by atoms with Gasteiger partial charge in [-0.2, -0.15) is 16.8 Å². The Morgan fingerprint density at radius 1 is 1.07 bits per heavy atom. The molecule has 0 heterocycles. The van der Waals surface area contributed by atoms with Crippen molar-refractivity contribution in [2.75, 3.05) is 12.4 Å².